The molecule has 0 fully saturated rings. The number of rotatable bonds is 7. The Balaban J connectivity index is 1.54. The first kappa shape index (κ1) is 24.1. The number of carbonyl (C=O) groups excluding carboxylic acids is 1. The van der Waals surface area contributed by atoms with Crippen LogP contribution in [-0.4, -0.2) is 30.6 Å². The highest BCUT2D eigenvalue weighted by Gasteiger charge is 2.29. The molecule has 11 heteroatoms. The predicted octanol–water partition coefficient (Wildman–Crippen LogP) is 4.58. The third kappa shape index (κ3) is 6.12. The van der Waals surface area contributed by atoms with Gasteiger partial charge in [0, 0.05) is 11.1 Å². The molecule has 2 aromatic carbocycles. The average Bonchev–Trinajstić information content (AvgIpc) is 3.08. The van der Waals surface area contributed by atoms with Crippen LogP contribution in [-0.2, 0) is 17.8 Å². The molecule has 1 amide bonds. The summed E-state index contributed by atoms with van der Waals surface area (Å²) in [6, 6.07) is 15.9. The van der Waals surface area contributed by atoms with Crippen molar-refractivity contribution < 1.29 is 23.1 Å². The number of nitrogens with one attached hydrogen (secondary N) is 1. The number of thioether (sulfide) groups is 1. The summed E-state index contributed by atoms with van der Waals surface area (Å²) in [6.45, 7) is 0.0187. The fraction of sp³-hybridized carbons (Fsp3) is 0.125. The summed E-state index contributed by atoms with van der Waals surface area (Å²) < 4.78 is 39.9. The zero-order chi connectivity index (χ0) is 25.0. The minimum atomic E-state index is -4.43. The van der Waals surface area contributed by atoms with Crippen LogP contribution in [0.3, 0.4) is 0 Å². The molecule has 0 spiro atoms. The van der Waals surface area contributed by atoms with Crippen LogP contribution in [0.5, 0.6) is 5.88 Å². The number of aromatic nitrogens is 3. The maximum atomic E-state index is 13.0. The maximum absolute atomic E-state index is 13.0. The number of amides is 1. The molecule has 180 valence electrons. The van der Waals surface area contributed by atoms with Crippen LogP contribution < -0.4 is 11.0 Å². The van der Waals surface area contributed by atoms with E-state index in [2.05, 4.69) is 10.3 Å². The van der Waals surface area contributed by atoms with Crippen molar-refractivity contribution in [3.8, 4) is 11.6 Å². The number of halogens is 3. The molecule has 0 saturated heterocycles. The number of alkyl halides is 3. The minimum Gasteiger partial charge on any atom is -0.493 e. The van der Waals surface area contributed by atoms with Crippen molar-refractivity contribution in [1.82, 2.24) is 14.1 Å². The summed E-state index contributed by atoms with van der Waals surface area (Å²) in [7, 11) is 0. The monoisotopic (exact) mass is 500 g/mol. The summed E-state index contributed by atoms with van der Waals surface area (Å²) in [6.07, 6.45) is 4.36. The summed E-state index contributed by atoms with van der Waals surface area (Å²) in [4.78, 5) is 29.4. The van der Waals surface area contributed by atoms with Crippen molar-refractivity contribution in [3.05, 3.63) is 101 Å². The third-order valence-corrected chi connectivity index (χ3v) is 5.74. The van der Waals surface area contributed by atoms with Crippen LogP contribution in [0, 0.1) is 0 Å². The van der Waals surface area contributed by atoms with Crippen LogP contribution in [0.2, 0.25) is 0 Å². The predicted molar refractivity (Wildman–Crippen MR) is 126 cm³/mol. The van der Waals surface area contributed by atoms with E-state index in [1.165, 1.54) is 47.4 Å². The number of carbonyl (C=O) groups is 1. The van der Waals surface area contributed by atoms with Gasteiger partial charge in [0.25, 0.3) is 0 Å². The lowest BCUT2D eigenvalue weighted by molar-refractivity contribution is -0.115. The zero-order valence-electron chi connectivity index (χ0n) is 18.1. The number of pyridine rings is 1. The molecule has 2 N–H and O–H groups in total. The van der Waals surface area contributed by atoms with Crippen LogP contribution >= 0.6 is 11.8 Å². The van der Waals surface area contributed by atoms with E-state index in [1.807, 2.05) is 30.3 Å². The van der Waals surface area contributed by atoms with Gasteiger partial charge in [-0.05, 0) is 53.2 Å². The lowest BCUT2D eigenvalue weighted by Gasteiger charge is -2.11. The molecule has 0 radical (unpaired) electrons. The minimum absolute atomic E-state index is 0.0187. The first-order valence-corrected chi connectivity index (χ1v) is 11.2. The average molecular weight is 501 g/mol. The van der Waals surface area contributed by atoms with Gasteiger partial charge < -0.3 is 10.4 Å². The van der Waals surface area contributed by atoms with Crippen molar-refractivity contribution >= 4 is 23.4 Å². The second-order valence-electron chi connectivity index (χ2n) is 7.52. The van der Waals surface area contributed by atoms with Gasteiger partial charge in [-0.25, -0.2) is 9.36 Å². The Labute approximate surface area is 201 Å². The van der Waals surface area contributed by atoms with Crippen molar-refractivity contribution in [3.63, 3.8) is 0 Å². The van der Waals surface area contributed by atoms with Crippen molar-refractivity contribution in [1.29, 1.82) is 0 Å². The second kappa shape index (κ2) is 10.1. The Morgan fingerprint density at radius 2 is 1.77 bits per heavy atom. The largest absolute Gasteiger partial charge is 0.493 e. The smallest absolute Gasteiger partial charge is 0.446 e. The molecule has 0 unspecified atom stereocenters. The Morgan fingerprint density at radius 1 is 1.06 bits per heavy atom. The number of aromatic hydroxyl groups is 1. The van der Waals surface area contributed by atoms with E-state index in [-0.39, 0.29) is 47.1 Å². The van der Waals surface area contributed by atoms with Crippen LogP contribution in [0.15, 0.2) is 88.9 Å². The summed E-state index contributed by atoms with van der Waals surface area (Å²) in [5.41, 5.74) is -2.98. The maximum Gasteiger partial charge on any atom is 0.446 e. The fourth-order valence-corrected chi connectivity index (χ4v) is 4.00. The molecule has 0 atom stereocenters. The summed E-state index contributed by atoms with van der Waals surface area (Å²) in [5, 5.41) is 13.1. The summed E-state index contributed by atoms with van der Waals surface area (Å²) in [5.74, 6) is -0.634. The van der Waals surface area contributed by atoms with Crippen LogP contribution in [0.25, 0.3) is 5.69 Å². The van der Waals surface area contributed by atoms with E-state index in [4.69, 9.17) is 0 Å². The highest BCUT2D eigenvalue weighted by atomic mass is 32.2. The Kier molecular flexibility index (Phi) is 6.97. The number of benzene rings is 2. The van der Waals surface area contributed by atoms with Crippen molar-refractivity contribution in [2.24, 2.45) is 0 Å². The summed E-state index contributed by atoms with van der Waals surface area (Å²) >= 11 is -0.269. The molecular formula is C24H19F3N4O3S. The molecule has 7 nitrogen and oxygen atoms in total. The first-order chi connectivity index (χ1) is 16.7. The molecule has 4 rings (SSSR count). The quantitative estimate of drug-likeness (QED) is 0.363. The van der Waals surface area contributed by atoms with Gasteiger partial charge in [-0.15, -0.1) is 0 Å². The SMILES string of the molecule is O=C(Cc1ccccc1)Nc1cnccc1Cn1cc(O)n(-c2ccc(SC(F)(F)F)cc2)c1=O. The Bertz CT molecular complexity index is 1380. The molecule has 0 bridgehead atoms. The molecule has 0 aliphatic rings. The van der Waals surface area contributed by atoms with Gasteiger partial charge in [-0.3, -0.25) is 14.3 Å². The molecule has 2 aromatic heterocycles. The van der Waals surface area contributed by atoms with E-state index in [0.717, 1.165) is 10.1 Å². The number of hydrogen-bond acceptors (Lipinski definition) is 5. The number of anilines is 1. The molecule has 0 aliphatic carbocycles. The third-order valence-electron chi connectivity index (χ3n) is 5.00. The molecule has 2 heterocycles. The van der Waals surface area contributed by atoms with Gasteiger partial charge in [0.05, 0.1) is 36.7 Å². The van der Waals surface area contributed by atoms with Gasteiger partial charge in [-0.1, -0.05) is 30.3 Å². The number of nitrogens with zero attached hydrogens (tertiary/aromatic N) is 3. The standard InChI is InChI=1S/C24H19F3N4O3S/c25-24(26,27)35-19-8-6-18(7-9-19)31-22(33)15-30(23(31)34)14-17-10-11-28-13-20(17)29-21(32)12-16-4-2-1-3-5-16/h1-11,13,15,33H,12,14H2,(H,29,32). The second-order valence-corrected chi connectivity index (χ2v) is 8.66. The Hall–Kier alpha value is -3.99. The van der Waals surface area contributed by atoms with Gasteiger partial charge in [0.15, 0.2) is 0 Å². The van der Waals surface area contributed by atoms with E-state index >= 15 is 0 Å². The van der Waals surface area contributed by atoms with E-state index in [1.54, 1.807) is 6.07 Å². The molecular weight excluding hydrogens is 481 g/mol. The van der Waals surface area contributed by atoms with Crippen LogP contribution in [0.1, 0.15) is 11.1 Å². The van der Waals surface area contributed by atoms with Gasteiger partial charge in [0.2, 0.25) is 11.8 Å². The lowest BCUT2D eigenvalue weighted by atomic mass is 10.1. The van der Waals surface area contributed by atoms with E-state index in [9.17, 15) is 27.9 Å². The van der Waals surface area contributed by atoms with Crippen molar-refractivity contribution in [2.75, 3.05) is 5.32 Å². The molecule has 0 aliphatic heterocycles. The highest BCUT2D eigenvalue weighted by molar-refractivity contribution is 8.00. The van der Waals surface area contributed by atoms with E-state index < -0.39 is 11.2 Å². The topological polar surface area (TPSA) is 89.2 Å². The van der Waals surface area contributed by atoms with E-state index in [0.29, 0.717) is 11.3 Å². The van der Waals surface area contributed by atoms with Crippen LogP contribution in [0.4, 0.5) is 18.9 Å². The number of imidazole rings is 1. The molecule has 35 heavy (non-hydrogen) atoms. The number of hydrogen-bond donors (Lipinski definition) is 2. The molecule has 0 saturated carbocycles. The fourth-order valence-electron chi connectivity index (χ4n) is 3.46. The highest BCUT2D eigenvalue weighted by Crippen LogP contribution is 2.37. The van der Waals surface area contributed by atoms with Gasteiger partial charge in [-0.2, -0.15) is 13.2 Å². The molecule has 4 aromatic rings. The Morgan fingerprint density at radius 3 is 2.46 bits per heavy atom. The first-order valence-electron chi connectivity index (χ1n) is 10.3. The van der Waals surface area contributed by atoms with Crippen molar-refractivity contribution in [2.45, 2.75) is 23.4 Å². The van der Waals surface area contributed by atoms with Gasteiger partial charge in [0.1, 0.15) is 0 Å². The lowest BCUT2D eigenvalue weighted by Crippen LogP contribution is -2.24. The normalized spacial score (nSPS) is 11.4. The zero-order valence-corrected chi connectivity index (χ0v) is 18.9. The van der Waals surface area contributed by atoms with Gasteiger partial charge >= 0.3 is 11.2 Å².